The Hall–Kier alpha value is -10.8. The lowest BCUT2D eigenvalue weighted by molar-refractivity contribution is 0.622. The van der Waals surface area contributed by atoms with Gasteiger partial charge in [0.05, 0.1) is 16.8 Å². The molecule has 1 aromatic heterocycles. The number of halogens is 2. The maximum absolute atomic E-state index is 16.9. The molecule has 3 aliphatic carbocycles. The van der Waals surface area contributed by atoms with Crippen LogP contribution in [-0.4, -0.2) is 4.98 Å². The van der Waals surface area contributed by atoms with Crippen LogP contribution in [0, 0.1) is 11.6 Å². The number of hydrogen-bond donors (Lipinski definition) is 0. The maximum atomic E-state index is 16.9. The van der Waals surface area contributed by atoms with Gasteiger partial charge in [-0.1, -0.05) is 212 Å². The van der Waals surface area contributed by atoms with Crippen LogP contribution < -0.4 is 9.80 Å². The number of fused-ring (bicyclic) bond motifs is 15. The summed E-state index contributed by atoms with van der Waals surface area (Å²) >= 11 is 0. The van der Waals surface area contributed by atoms with Crippen LogP contribution in [0.3, 0.4) is 0 Å². The highest BCUT2D eigenvalue weighted by molar-refractivity contribution is 6.27. The number of anilines is 6. The van der Waals surface area contributed by atoms with Gasteiger partial charge >= 0.3 is 0 Å². The van der Waals surface area contributed by atoms with Gasteiger partial charge in [-0.2, -0.15) is 0 Å². The molecule has 0 N–H and O–H groups in total. The molecule has 0 saturated carbocycles. The van der Waals surface area contributed by atoms with Crippen molar-refractivity contribution in [3.8, 4) is 66.8 Å². The largest absolute Gasteiger partial charge is 0.307 e. The fraction of sp³-hybridized carbons (Fsp3) is 0.0128. The summed E-state index contributed by atoms with van der Waals surface area (Å²) in [5.41, 5.74) is 21.9. The molecule has 5 heteroatoms. The summed E-state index contributed by atoms with van der Waals surface area (Å²) in [7, 11) is 0. The third kappa shape index (κ3) is 6.73. The summed E-state index contributed by atoms with van der Waals surface area (Å²) in [6, 6.07) is 97.0. The van der Waals surface area contributed by atoms with Gasteiger partial charge in [0.1, 0.15) is 5.82 Å². The van der Waals surface area contributed by atoms with E-state index in [1.54, 1.807) is 24.4 Å². The van der Waals surface area contributed by atoms with Crippen molar-refractivity contribution in [1.29, 1.82) is 0 Å². The quantitative estimate of drug-likeness (QED) is 0.151. The molecule has 0 unspecified atom stereocenters. The van der Waals surface area contributed by atoms with Crippen molar-refractivity contribution in [2.24, 2.45) is 0 Å². The Balaban J connectivity index is 0.848. The fourth-order valence-corrected chi connectivity index (χ4v) is 14.5. The molecule has 13 aromatic carbocycles. The summed E-state index contributed by atoms with van der Waals surface area (Å²) in [4.78, 5) is 8.62. The molecule has 3 nitrogen and oxygen atoms in total. The molecule has 0 atom stereocenters. The molecular weight excluding hydrogens is 1020 g/mol. The van der Waals surface area contributed by atoms with Crippen LogP contribution in [0.25, 0.3) is 99.1 Å². The second kappa shape index (κ2) is 18.1. The molecule has 17 rings (SSSR count). The number of nitrogens with zero attached hydrogens (tertiary/aromatic N) is 3. The average Bonchev–Trinajstić information content (AvgIpc) is 1.74. The zero-order chi connectivity index (χ0) is 54.9. The van der Waals surface area contributed by atoms with E-state index in [2.05, 4.69) is 234 Å². The molecule has 0 bridgehead atoms. The predicted molar refractivity (Wildman–Crippen MR) is 338 cm³/mol. The Morgan fingerprint density at radius 1 is 0.301 bits per heavy atom. The molecule has 388 valence electrons. The van der Waals surface area contributed by atoms with Gasteiger partial charge in [-0.25, -0.2) is 13.8 Å². The first kappa shape index (κ1) is 47.1. The Labute approximate surface area is 478 Å². The van der Waals surface area contributed by atoms with E-state index < -0.39 is 11.2 Å². The van der Waals surface area contributed by atoms with E-state index in [0.717, 1.165) is 77.7 Å². The summed E-state index contributed by atoms with van der Waals surface area (Å²) in [6.07, 6.45) is 1.64. The van der Waals surface area contributed by atoms with Crippen molar-refractivity contribution in [3.63, 3.8) is 0 Å². The number of hydrogen-bond acceptors (Lipinski definition) is 3. The minimum Gasteiger partial charge on any atom is -0.307 e. The van der Waals surface area contributed by atoms with Crippen LogP contribution in [0.5, 0.6) is 0 Å². The first-order valence-electron chi connectivity index (χ1n) is 28.2. The van der Waals surface area contributed by atoms with E-state index in [9.17, 15) is 0 Å². The van der Waals surface area contributed by atoms with E-state index >= 15 is 8.78 Å². The van der Waals surface area contributed by atoms with Crippen molar-refractivity contribution in [1.82, 2.24) is 4.98 Å². The van der Waals surface area contributed by atoms with Gasteiger partial charge in [-0.3, -0.25) is 4.90 Å². The Morgan fingerprint density at radius 3 is 1.41 bits per heavy atom. The van der Waals surface area contributed by atoms with Crippen molar-refractivity contribution < 1.29 is 8.78 Å². The van der Waals surface area contributed by atoms with E-state index in [1.807, 2.05) is 35.2 Å². The second-order valence-corrected chi connectivity index (χ2v) is 21.9. The maximum Gasteiger partial charge on any atom is 0.173 e. The van der Waals surface area contributed by atoms with Crippen molar-refractivity contribution in [2.45, 2.75) is 5.41 Å². The second-order valence-electron chi connectivity index (χ2n) is 21.9. The van der Waals surface area contributed by atoms with E-state index in [-0.39, 0.29) is 11.6 Å². The fourth-order valence-electron chi connectivity index (χ4n) is 14.5. The standard InChI is InChI=1S/C78H47F2N3/c79-67-32-11-12-34-69(67)83(70-35-15-31-66-74(70)60-25-7-10-30-65(60)78(66)63-28-8-5-21-56(63)57-22-6-9-29-64(57)78)54-43-39-51(40-44-54)73-59-24-4-3-23-58(59)72(75-61-26-13-19-49-20-14-27-62(71(49)61)76(73)75)50-37-41-53(42-38-50)82(77-68(80)33-16-46-81-77)55-45-36-48-17-1-2-18-52(48)47-55/h1-47H. The Morgan fingerprint density at radius 2 is 0.771 bits per heavy atom. The molecule has 1 heterocycles. The lowest BCUT2D eigenvalue weighted by Crippen LogP contribution is -2.26. The molecule has 83 heavy (non-hydrogen) atoms. The molecule has 0 saturated heterocycles. The van der Waals surface area contributed by atoms with Gasteiger partial charge in [-0.05, 0) is 182 Å². The monoisotopic (exact) mass is 1060 g/mol. The molecule has 0 fully saturated rings. The topological polar surface area (TPSA) is 19.4 Å². The van der Waals surface area contributed by atoms with Gasteiger partial charge in [-0.15, -0.1) is 0 Å². The Kier molecular flexibility index (Phi) is 10.3. The lowest BCUT2D eigenvalue weighted by Gasteiger charge is -2.32. The highest BCUT2D eigenvalue weighted by Gasteiger charge is 2.52. The molecule has 0 amide bonds. The van der Waals surface area contributed by atoms with Crippen LogP contribution in [-0.2, 0) is 5.41 Å². The normalized spacial score (nSPS) is 12.8. The van der Waals surface area contributed by atoms with Crippen molar-refractivity contribution in [2.75, 3.05) is 9.80 Å². The van der Waals surface area contributed by atoms with Crippen LogP contribution in [0.1, 0.15) is 22.3 Å². The summed E-state index contributed by atoms with van der Waals surface area (Å²) in [6.45, 7) is 0. The van der Waals surface area contributed by atoms with E-state index in [4.69, 9.17) is 0 Å². The summed E-state index contributed by atoms with van der Waals surface area (Å²) in [5, 5.41) is 6.78. The third-order valence-corrected chi connectivity index (χ3v) is 17.8. The average molecular weight is 1060 g/mol. The van der Waals surface area contributed by atoms with Gasteiger partial charge in [0.15, 0.2) is 11.6 Å². The predicted octanol–water partition coefficient (Wildman–Crippen LogP) is 21.1. The number of benzene rings is 13. The minimum atomic E-state index is -0.562. The SMILES string of the molecule is Fc1ccccc1N(c1ccc(-c2c3c(c(-c4ccc(N(c5ccc6ccccc6c5)c5ncccc5F)cc4)c4ccccc24)-c2cccc4cccc-3c24)cc1)c1cccc2c1-c1ccccc1C21c2ccccc2-c2ccccc21. The van der Waals surface area contributed by atoms with Crippen molar-refractivity contribution >= 4 is 66.6 Å². The number of para-hydroxylation sites is 1. The molecular formula is C78H47F2N3. The molecule has 0 radical (unpaired) electrons. The van der Waals surface area contributed by atoms with Crippen LogP contribution in [0.15, 0.2) is 285 Å². The smallest absolute Gasteiger partial charge is 0.173 e. The van der Waals surface area contributed by atoms with Crippen LogP contribution >= 0.6 is 0 Å². The minimum absolute atomic E-state index is 0.226. The molecule has 14 aromatic rings. The lowest BCUT2D eigenvalue weighted by atomic mass is 9.70. The number of aromatic nitrogens is 1. The first-order chi connectivity index (χ1) is 41.0. The van der Waals surface area contributed by atoms with Gasteiger partial charge in [0.2, 0.25) is 0 Å². The molecule has 3 aliphatic rings. The summed E-state index contributed by atoms with van der Waals surface area (Å²) in [5.74, 6) is -0.493. The van der Waals surface area contributed by atoms with E-state index in [1.165, 1.54) is 72.5 Å². The third-order valence-electron chi connectivity index (χ3n) is 17.8. The zero-order valence-electron chi connectivity index (χ0n) is 44.7. The first-order valence-corrected chi connectivity index (χ1v) is 28.2. The van der Waals surface area contributed by atoms with Gasteiger partial charge in [0.25, 0.3) is 0 Å². The van der Waals surface area contributed by atoms with Gasteiger partial charge in [0, 0.05) is 28.8 Å². The van der Waals surface area contributed by atoms with Gasteiger partial charge < -0.3 is 4.90 Å². The highest BCUT2D eigenvalue weighted by Crippen LogP contribution is 2.65. The van der Waals surface area contributed by atoms with Crippen LogP contribution in [0.2, 0.25) is 0 Å². The number of pyridine rings is 1. The van der Waals surface area contributed by atoms with Crippen LogP contribution in [0.4, 0.5) is 43.0 Å². The highest BCUT2D eigenvalue weighted by atomic mass is 19.1. The molecule has 1 spiro atoms. The van der Waals surface area contributed by atoms with E-state index in [0.29, 0.717) is 5.69 Å². The summed E-state index contributed by atoms with van der Waals surface area (Å²) < 4.78 is 32.8. The van der Waals surface area contributed by atoms with Crippen molar-refractivity contribution in [3.05, 3.63) is 319 Å². The Bertz CT molecular complexity index is 4970. The molecule has 0 aliphatic heterocycles. The zero-order valence-corrected chi connectivity index (χ0v) is 44.7. The number of rotatable bonds is 8.